The monoisotopic (exact) mass is 465 g/mol. The van der Waals surface area contributed by atoms with E-state index < -0.39 is 0 Å². The molecule has 0 bridgehead atoms. The van der Waals surface area contributed by atoms with Gasteiger partial charge in [-0.25, -0.2) is 0 Å². The standard InChI is InChI=1S/C30H31N3O2/c34-28(31-19-16-25-21-32-27-9-5-4-8-26(25)27)14-17-30(18-15-29(35)33-30)20-22-10-12-24(13-11-22)23-6-2-1-3-7-23/h1-13,21,32H,14-20H2,(H,31,34)(H,33,35). The van der Waals surface area contributed by atoms with Crippen LogP contribution in [0, 0.1) is 0 Å². The van der Waals surface area contributed by atoms with Crippen LogP contribution < -0.4 is 10.6 Å². The number of nitrogens with one attached hydrogen (secondary N) is 3. The summed E-state index contributed by atoms with van der Waals surface area (Å²) in [7, 11) is 0. The fourth-order valence-electron chi connectivity index (χ4n) is 5.13. The van der Waals surface area contributed by atoms with E-state index in [0.717, 1.165) is 24.8 Å². The molecule has 3 aromatic carbocycles. The fraction of sp³-hybridized carbons (Fsp3) is 0.267. The zero-order valence-corrected chi connectivity index (χ0v) is 19.8. The van der Waals surface area contributed by atoms with E-state index in [1.54, 1.807) is 0 Å². The van der Waals surface area contributed by atoms with Crippen LogP contribution in [-0.2, 0) is 22.4 Å². The van der Waals surface area contributed by atoms with Gasteiger partial charge in [0.25, 0.3) is 0 Å². The average molecular weight is 466 g/mol. The second kappa shape index (κ2) is 10.2. The minimum Gasteiger partial charge on any atom is -0.361 e. The molecule has 1 atom stereocenters. The molecule has 5 nitrogen and oxygen atoms in total. The number of rotatable bonds is 9. The summed E-state index contributed by atoms with van der Waals surface area (Å²) in [6.45, 7) is 0.598. The smallest absolute Gasteiger partial charge is 0.220 e. The maximum absolute atomic E-state index is 12.6. The van der Waals surface area contributed by atoms with Crippen LogP contribution >= 0.6 is 0 Å². The van der Waals surface area contributed by atoms with E-state index >= 15 is 0 Å². The van der Waals surface area contributed by atoms with E-state index in [2.05, 4.69) is 64.1 Å². The minimum absolute atomic E-state index is 0.0322. The molecule has 0 saturated carbocycles. The maximum atomic E-state index is 12.6. The van der Waals surface area contributed by atoms with E-state index in [-0.39, 0.29) is 17.4 Å². The summed E-state index contributed by atoms with van der Waals surface area (Å²) in [5.74, 6) is 0.107. The minimum atomic E-state index is -0.362. The van der Waals surface area contributed by atoms with Crippen LogP contribution in [0.3, 0.4) is 0 Å². The predicted octanol–water partition coefficient (Wildman–Crippen LogP) is 5.17. The first-order valence-electron chi connectivity index (χ1n) is 12.4. The Morgan fingerprint density at radius 1 is 0.914 bits per heavy atom. The summed E-state index contributed by atoms with van der Waals surface area (Å²) in [5.41, 5.74) is 5.50. The Labute approximate surface area is 206 Å². The zero-order valence-electron chi connectivity index (χ0n) is 19.8. The van der Waals surface area contributed by atoms with Gasteiger partial charge in [-0.2, -0.15) is 0 Å². The van der Waals surface area contributed by atoms with Crippen LogP contribution in [0.15, 0.2) is 85.1 Å². The maximum Gasteiger partial charge on any atom is 0.220 e. The van der Waals surface area contributed by atoms with Crippen molar-refractivity contribution >= 4 is 22.7 Å². The number of aromatic amines is 1. The molecule has 1 aromatic heterocycles. The Morgan fingerprint density at radius 3 is 2.43 bits per heavy atom. The van der Waals surface area contributed by atoms with Crippen molar-refractivity contribution in [3.05, 3.63) is 96.2 Å². The lowest BCUT2D eigenvalue weighted by molar-refractivity contribution is -0.122. The summed E-state index contributed by atoms with van der Waals surface area (Å²) in [4.78, 5) is 28.0. The molecule has 5 rings (SSSR count). The molecule has 1 fully saturated rings. The molecular formula is C30H31N3O2. The van der Waals surface area contributed by atoms with E-state index in [4.69, 9.17) is 0 Å². The molecule has 2 amide bonds. The molecule has 0 aliphatic carbocycles. The molecule has 2 heterocycles. The van der Waals surface area contributed by atoms with Crippen molar-refractivity contribution in [2.45, 2.75) is 44.1 Å². The molecule has 35 heavy (non-hydrogen) atoms. The molecule has 4 aromatic rings. The first kappa shape index (κ1) is 22.9. The second-order valence-corrected chi connectivity index (χ2v) is 9.53. The van der Waals surface area contributed by atoms with Crippen molar-refractivity contribution < 1.29 is 9.59 Å². The third-order valence-electron chi connectivity index (χ3n) is 7.06. The SMILES string of the molecule is O=C(CCC1(Cc2ccc(-c3ccccc3)cc2)CCC(=O)N1)NCCc1c[nH]c2ccccc12. The molecule has 0 spiro atoms. The van der Waals surface area contributed by atoms with Crippen LogP contribution in [0.4, 0.5) is 0 Å². The lowest BCUT2D eigenvalue weighted by Gasteiger charge is -2.29. The Kier molecular flexibility index (Phi) is 6.66. The molecule has 1 aliphatic heterocycles. The summed E-state index contributed by atoms with van der Waals surface area (Å²) < 4.78 is 0. The molecule has 0 radical (unpaired) electrons. The van der Waals surface area contributed by atoms with E-state index in [9.17, 15) is 9.59 Å². The van der Waals surface area contributed by atoms with Gasteiger partial charge in [0.2, 0.25) is 11.8 Å². The van der Waals surface area contributed by atoms with Gasteiger partial charge in [0.05, 0.1) is 0 Å². The first-order chi connectivity index (χ1) is 17.1. The summed E-state index contributed by atoms with van der Waals surface area (Å²) in [5, 5.41) is 7.46. The van der Waals surface area contributed by atoms with Crippen molar-refractivity contribution in [3.63, 3.8) is 0 Å². The van der Waals surface area contributed by atoms with Crippen LogP contribution in [0.2, 0.25) is 0 Å². The summed E-state index contributed by atoms with van der Waals surface area (Å²) in [6, 6.07) is 27.0. The van der Waals surface area contributed by atoms with Crippen LogP contribution in [-0.4, -0.2) is 28.9 Å². The van der Waals surface area contributed by atoms with Gasteiger partial charge in [-0.3, -0.25) is 9.59 Å². The molecule has 1 saturated heterocycles. The molecule has 1 aliphatic rings. The Morgan fingerprint density at radius 2 is 1.66 bits per heavy atom. The number of carbonyl (C=O) groups is 2. The van der Waals surface area contributed by atoms with Gasteiger partial charge in [0.1, 0.15) is 0 Å². The van der Waals surface area contributed by atoms with Crippen molar-refractivity contribution in [2.24, 2.45) is 0 Å². The number of fused-ring (bicyclic) bond motifs is 1. The number of para-hydroxylation sites is 1. The highest BCUT2D eigenvalue weighted by Gasteiger charge is 2.37. The molecule has 3 N–H and O–H groups in total. The Hall–Kier alpha value is -3.86. The third kappa shape index (κ3) is 5.46. The van der Waals surface area contributed by atoms with Crippen molar-refractivity contribution in [3.8, 4) is 11.1 Å². The van der Waals surface area contributed by atoms with Gasteiger partial charge in [0.15, 0.2) is 0 Å². The van der Waals surface area contributed by atoms with Gasteiger partial charge >= 0.3 is 0 Å². The number of hydrogen-bond acceptors (Lipinski definition) is 2. The van der Waals surface area contributed by atoms with Gasteiger partial charge in [-0.05, 0) is 54.0 Å². The summed E-state index contributed by atoms with van der Waals surface area (Å²) in [6.07, 6.45) is 5.85. The number of amides is 2. The first-order valence-corrected chi connectivity index (χ1v) is 12.4. The van der Waals surface area contributed by atoms with Crippen molar-refractivity contribution in [2.75, 3.05) is 6.54 Å². The largest absolute Gasteiger partial charge is 0.361 e. The number of hydrogen-bond donors (Lipinski definition) is 3. The number of carbonyl (C=O) groups excluding carboxylic acids is 2. The normalized spacial score (nSPS) is 17.4. The lowest BCUT2D eigenvalue weighted by Crippen LogP contribution is -2.44. The summed E-state index contributed by atoms with van der Waals surface area (Å²) >= 11 is 0. The van der Waals surface area contributed by atoms with Crippen molar-refractivity contribution in [1.82, 2.24) is 15.6 Å². The highest BCUT2D eigenvalue weighted by molar-refractivity contribution is 5.83. The zero-order chi connectivity index (χ0) is 24.1. The van der Waals surface area contributed by atoms with Gasteiger partial charge in [-0.15, -0.1) is 0 Å². The molecular weight excluding hydrogens is 434 g/mol. The quantitative estimate of drug-likeness (QED) is 0.319. The lowest BCUT2D eigenvalue weighted by atomic mass is 9.84. The topological polar surface area (TPSA) is 74.0 Å². The molecule has 1 unspecified atom stereocenters. The van der Waals surface area contributed by atoms with Gasteiger partial charge in [0, 0.05) is 42.0 Å². The van der Waals surface area contributed by atoms with Gasteiger partial charge in [-0.1, -0.05) is 72.8 Å². The second-order valence-electron chi connectivity index (χ2n) is 9.53. The highest BCUT2D eigenvalue weighted by Crippen LogP contribution is 2.30. The average Bonchev–Trinajstić information content (AvgIpc) is 3.47. The Balaban J connectivity index is 1.16. The van der Waals surface area contributed by atoms with E-state index in [0.29, 0.717) is 25.8 Å². The molecule has 5 heteroatoms. The Bertz CT molecular complexity index is 1310. The van der Waals surface area contributed by atoms with Gasteiger partial charge < -0.3 is 15.6 Å². The van der Waals surface area contributed by atoms with E-state index in [1.807, 2.05) is 36.5 Å². The van der Waals surface area contributed by atoms with Crippen LogP contribution in [0.5, 0.6) is 0 Å². The third-order valence-corrected chi connectivity index (χ3v) is 7.06. The van der Waals surface area contributed by atoms with Crippen molar-refractivity contribution in [1.29, 1.82) is 0 Å². The van der Waals surface area contributed by atoms with Crippen LogP contribution in [0.25, 0.3) is 22.0 Å². The van der Waals surface area contributed by atoms with Crippen LogP contribution in [0.1, 0.15) is 36.8 Å². The number of H-pyrrole nitrogens is 1. The predicted molar refractivity (Wildman–Crippen MR) is 140 cm³/mol. The number of benzene rings is 3. The highest BCUT2D eigenvalue weighted by atomic mass is 16.2. The fourth-order valence-corrected chi connectivity index (χ4v) is 5.13. The molecule has 178 valence electrons. The number of aromatic nitrogens is 1. The van der Waals surface area contributed by atoms with E-state index in [1.165, 1.54) is 27.6 Å².